The van der Waals surface area contributed by atoms with Gasteiger partial charge in [0.15, 0.2) is 5.16 Å². The van der Waals surface area contributed by atoms with Crippen molar-refractivity contribution in [2.75, 3.05) is 38.6 Å². The van der Waals surface area contributed by atoms with E-state index in [2.05, 4.69) is 19.9 Å². The molecule has 1 unspecified atom stereocenters. The normalized spacial score (nSPS) is 16.2. The first-order chi connectivity index (χ1) is 12.7. The van der Waals surface area contributed by atoms with Gasteiger partial charge in [-0.2, -0.15) is 0 Å². The standard InChI is InChI=1S/C18H22N4O3S/c1-14(12-22-8-10-24-11-9-22)25-17(23)13-26-18-20-7-5-16(21-18)15-4-2-3-6-19-15/h2-7,14H,8-13H2,1H3. The Labute approximate surface area is 157 Å². The van der Waals surface area contributed by atoms with E-state index in [9.17, 15) is 4.79 Å². The Morgan fingerprint density at radius 1 is 1.23 bits per heavy atom. The van der Waals surface area contributed by atoms with E-state index in [0.717, 1.165) is 44.2 Å². The molecule has 0 aliphatic carbocycles. The topological polar surface area (TPSA) is 77.4 Å². The average molecular weight is 374 g/mol. The van der Waals surface area contributed by atoms with Crippen molar-refractivity contribution in [3.63, 3.8) is 0 Å². The average Bonchev–Trinajstić information content (AvgIpc) is 2.68. The molecule has 0 radical (unpaired) electrons. The van der Waals surface area contributed by atoms with Gasteiger partial charge in [0.25, 0.3) is 0 Å². The van der Waals surface area contributed by atoms with Gasteiger partial charge >= 0.3 is 5.97 Å². The number of pyridine rings is 1. The second-order valence-corrected chi connectivity index (χ2v) is 6.88. The molecule has 26 heavy (non-hydrogen) atoms. The second-order valence-electron chi connectivity index (χ2n) is 5.94. The van der Waals surface area contributed by atoms with E-state index in [1.807, 2.05) is 25.1 Å². The van der Waals surface area contributed by atoms with Gasteiger partial charge in [-0.1, -0.05) is 17.8 Å². The Kier molecular flexibility index (Phi) is 6.93. The van der Waals surface area contributed by atoms with Crippen molar-refractivity contribution < 1.29 is 14.3 Å². The fourth-order valence-corrected chi connectivity index (χ4v) is 3.25. The molecule has 1 aliphatic rings. The molecule has 2 aromatic heterocycles. The Hall–Kier alpha value is -2.03. The van der Waals surface area contributed by atoms with Crippen molar-refractivity contribution in [2.45, 2.75) is 18.2 Å². The lowest BCUT2D eigenvalue weighted by Crippen LogP contribution is -2.41. The molecule has 1 aliphatic heterocycles. The van der Waals surface area contributed by atoms with Gasteiger partial charge in [0, 0.05) is 32.0 Å². The van der Waals surface area contributed by atoms with Crippen LogP contribution in [-0.4, -0.2) is 70.5 Å². The van der Waals surface area contributed by atoms with Crippen LogP contribution in [0.5, 0.6) is 0 Å². The van der Waals surface area contributed by atoms with Crippen LogP contribution in [-0.2, 0) is 14.3 Å². The van der Waals surface area contributed by atoms with Crippen molar-refractivity contribution in [2.24, 2.45) is 0 Å². The minimum atomic E-state index is -0.261. The zero-order valence-corrected chi connectivity index (χ0v) is 15.5. The van der Waals surface area contributed by atoms with E-state index in [1.165, 1.54) is 11.8 Å². The fourth-order valence-electron chi connectivity index (χ4n) is 2.63. The number of nitrogens with zero attached hydrogens (tertiary/aromatic N) is 4. The lowest BCUT2D eigenvalue weighted by atomic mass is 10.3. The Morgan fingerprint density at radius 3 is 2.85 bits per heavy atom. The molecule has 0 N–H and O–H groups in total. The minimum Gasteiger partial charge on any atom is -0.461 e. The van der Waals surface area contributed by atoms with Gasteiger partial charge in [-0.15, -0.1) is 0 Å². The summed E-state index contributed by atoms with van der Waals surface area (Å²) < 4.78 is 10.8. The smallest absolute Gasteiger partial charge is 0.316 e. The Bertz CT molecular complexity index is 711. The first-order valence-electron chi connectivity index (χ1n) is 8.57. The number of aromatic nitrogens is 3. The summed E-state index contributed by atoms with van der Waals surface area (Å²) in [5.41, 5.74) is 1.51. The lowest BCUT2D eigenvalue weighted by Gasteiger charge is -2.28. The van der Waals surface area contributed by atoms with Crippen molar-refractivity contribution in [1.82, 2.24) is 19.9 Å². The highest BCUT2D eigenvalue weighted by atomic mass is 32.2. The molecule has 0 saturated carbocycles. The second kappa shape index (κ2) is 9.61. The lowest BCUT2D eigenvalue weighted by molar-refractivity contribution is -0.146. The molecule has 0 spiro atoms. The zero-order valence-electron chi connectivity index (χ0n) is 14.7. The Morgan fingerprint density at radius 2 is 2.08 bits per heavy atom. The minimum absolute atomic E-state index is 0.151. The quantitative estimate of drug-likeness (QED) is 0.413. The summed E-state index contributed by atoms with van der Waals surface area (Å²) in [6.45, 7) is 5.87. The summed E-state index contributed by atoms with van der Waals surface area (Å²) in [5, 5.41) is 0.533. The summed E-state index contributed by atoms with van der Waals surface area (Å²) in [6, 6.07) is 7.45. The van der Waals surface area contributed by atoms with E-state index in [-0.39, 0.29) is 17.8 Å². The third-order valence-electron chi connectivity index (χ3n) is 3.83. The van der Waals surface area contributed by atoms with Gasteiger partial charge in [-0.05, 0) is 25.1 Å². The molecule has 0 amide bonds. The van der Waals surface area contributed by atoms with Crippen LogP contribution in [0.1, 0.15) is 6.92 Å². The summed E-state index contributed by atoms with van der Waals surface area (Å²) in [6.07, 6.45) is 3.24. The molecule has 8 heteroatoms. The van der Waals surface area contributed by atoms with E-state index in [1.54, 1.807) is 18.5 Å². The van der Waals surface area contributed by atoms with Gasteiger partial charge in [-0.25, -0.2) is 9.97 Å². The maximum atomic E-state index is 12.1. The van der Waals surface area contributed by atoms with E-state index in [4.69, 9.17) is 9.47 Å². The predicted molar refractivity (Wildman–Crippen MR) is 98.8 cm³/mol. The van der Waals surface area contributed by atoms with Crippen LogP contribution < -0.4 is 0 Å². The number of esters is 1. The highest BCUT2D eigenvalue weighted by molar-refractivity contribution is 7.99. The van der Waals surface area contributed by atoms with Crippen molar-refractivity contribution in [3.8, 4) is 11.4 Å². The number of rotatable bonds is 7. The van der Waals surface area contributed by atoms with Crippen LogP contribution in [0.3, 0.4) is 0 Å². The largest absolute Gasteiger partial charge is 0.461 e. The molecule has 2 aromatic rings. The highest BCUT2D eigenvalue weighted by Gasteiger charge is 2.17. The molecule has 3 heterocycles. The van der Waals surface area contributed by atoms with Crippen LogP contribution in [0.2, 0.25) is 0 Å². The van der Waals surface area contributed by atoms with E-state index >= 15 is 0 Å². The van der Waals surface area contributed by atoms with Crippen molar-refractivity contribution in [3.05, 3.63) is 36.7 Å². The number of thioether (sulfide) groups is 1. The molecule has 3 rings (SSSR count). The Balaban J connectivity index is 1.47. The summed E-state index contributed by atoms with van der Waals surface area (Å²) >= 11 is 1.27. The molecule has 1 saturated heterocycles. The summed E-state index contributed by atoms with van der Waals surface area (Å²) in [7, 11) is 0. The molecule has 7 nitrogen and oxygen atoms in total. The van der Waals surface area contributed by atoms with Crippen LogP contribution in [0.4, 0.5) is 0 Å². The maximum absolute atomic E-state index is 12.1. The number of ether oxygens (including phenoxy) is 2. The molecule has 138 valence electrons. The number of carbonyl (C=O) groups excluding carboxylic acids is 1. The van der Waals surface area contributed by atoms with Gasteiger partial charge in [0.05, 0.1) is 30.4 Å². The number of hydrogen-bond donors (Lipinski definition) is 0. The molecule has 1 fully saturated rings. The third-order valence-corrected chi connectivity index (χ3v) is 4.67. The highest BCUT2D eigenvalue weighted by Crippen LogP contribution is 2.18. The first-order valence-corrected chi connectivity index (χ1v) is 9.56. The van der Waals surface area contributed by atoms with Gasteiger partial charge in [0.1, 0.15) is 6.10 Å². The fraction of sp³-hybridized carbons (Fsp3) is 0.444. The van der Waals surface area contributed by atoms with Gasteiger partial charge in [-0.3, -0.25) is 14.7 Å². The monoisotopic (exact) mass is 374 g/mol. The summed E-state index contributed by atoms with van der Waals surface area (Å²) in [4.78, 5) is 27.2. The maximum Gasteiger partial charge on any atom is 0.316 e. The number of morpholine rings is 1. The predicted octanol–water partition coefficient (Wildman–Crippen LogP) is 1.89. The molecule has 1 atom stereocenters. The zero-order chi connectivity index (χ0) is 18.2. The molecule has 0 aromatic carbocycles. The molecular formula is C18H22N4O3S. The SMILES string of the molecule is CC(CN1CCOCC1)OC(=O)CSc1nccc(-c2ccccn2)n1. The first kappa shape index (κ1) is 18.8. The van der Waals surface area contributed by atoms with Crippen LogP contribution in [0.15, 0.2) is 41.8 Å². The van der Waals surface area contributed by atoms with Crippen molar-refractivity contribution in [1.29, 1.82) is 0 Å². The number of hydrogen-bond acceptors (Lipinski definition) is 8. The summed E-state index contributed by atoms with van der Waals surface area (Å²) in [5.74, 6) is -0.0818. The molecule has 0 bridgehead atoms. The van der Waals surface area contributed by atoms with Crippen LogP contribution >= 0.6 is 11.8 Å². The van der Waals surface area contributed by atoms with Crippen LogP contribution in [0.25, 0.3) is 11.4 Å². The van der Waals surface area contributed by atoms with Gasteiger partial charge < -0.3 is 9.47 Å². The number of carbonyl (C=O) groups is 1. The molecular weight excluding hydrogens is 352 g/mol. The third kappa shape index (κ3) is 5.76. The van der Waals surface area contributed by atoms with Crippen molar-refractivity contribution >= 4 is 17.7 Å². The van der Waals surface area contributed by atoms with E-state index in [0.29, 0.717) is 5.16 Å². The van der Waals surface area contributed by atoms with E-state index < -0.39 is 0 Å². The van der Waals surface area contributed by atoms with Gasteiger partial charge in [0.2, 0.25) is 0 Å². The van der Waals surface area contributed by atoms with Crippen LogP contribution in [0, 0.1) is 0 Å².